The molecule has 0 radical (unpaired) electrons. The molecule has 0 saturated carbocycles. The number of carbonyl (C=O) groups excluding carboxylic acids is 2. The van der Waals surface area contributed by atoms with Gasteiger partial charge in [0, 0.05) is 20.3 Å². The molecule has 4 aromatic carbocycles. The highest BCUT2D eigenvalue weighted by Gasteiger charge is 2.09. The first-order valence-corrected chi connectivity index (χ1v) is 14.4. The minimum atomic E-state index is -0.260. The molecule has 0 bridgehead atoms. The molecule has 0 atom stereocenters. The molecule has 0 aliphatic carbocycles. The molecule has 38 heavy (non-hydrogen) atoms. The molecule has 0 unspecified atom stereocenters. The Morgan fingerprint density at radius 1 is 0.553 bits per heavy atom. The van der Waals surface area contributed by atoms with Crippen LogP contribution in [0.2, 0.25) is 0 Å². The summed E-state index contributed by atoms with van der Waals surface area (Å²) in [5.74, 6) is 0.653. The molecule has 10 heteroatoms. The van der Waals surface area contributed by atoms with E-state index in [9.17, 15) is 9.59 Å². The maximum absolute atomic E-state index is 12.3. The summed E-state index contributed by atoms with van der Waals surface area (Å²) in [4.78, 5) is 24.6. The van der Waals surface area contributed by atoms with E-state index in [0.29, 0.717) is 22.9 Å². The largest absolute Gasteiger partial charge is 0.483 e. The van der Waals surface area contributed by atoms with E-state index in [1.165, 1.54) is 0 Å². The lowest BCUT2D eigenvalue weighted by molar-refractivity contribution is -0.118. The van der Waals surface area contributed by atoms with E-state index in [1.54, 1.807) is 12.1 Å². The van der Waals surface area contributed by atoms with Gasteiger partial charge < -0.3 is 20.1 Å². The molecule has 0 fully saturated rings. The lowest BCUT2D eigenvalue weighted by Gasteiger charge is -2.11. The zero-order chi connectivity index (χ0) is 27.1. The fourth-order valence-electron chi connectivity index (χ4n) is 3.36. The van der Waals surface area contributed by atoms with Crippen LogP contribution in [0.1, 0.15) is 0 Å². The van der Waals surface area contributed by atoms with E-state index >= 15 is 0 Å². The number of ether oxygens (including phenoxy) is 2. The second kappa shape index (κ2) is 13.4. The highest BCUT2D eigenvalue weighted by molar-refractivity contribution is 9.11. The number of hydrogen-bond acceptors (Lipinski definition) is 4. The van der Waals surface area contributed by atoms with Crippen LogP contribution in [0.4, 0.5) is 11.4 Å². The Morgan fingerprint density at radius 2 is 0.921 bits per heavy atom. The van der Waals surface area contributed by atoms with E-state index in [0.717, 1.165) is 29.0 Å². The van der Waals surface area contributed by atoms with Crippen LogP contribution < -0.4 is 20.1 Å². The van der Waals surface area contributed by atoms with Gasteiger partial charge in [0.15, 0.2) is 13.2 Å². The maximum Gasteiger partial charge on any atom is 0.262 e. The average molecular weight is 768 g/mol. The normalized spacial score (nSPS) is 10.5. The second-order valence-electron chi connectivity index (χ2n) is 7.98. The van der Waals surface area contributed by atoms with E-state index < -0.39 is 0 Å². The quantitative estimate of drug-likeness (QED) is 0.179. The van der Waals surface area contributed by atoms with Crippen molar-refractivity contribution in [3.63, 3.8) is 0 Å². The molecule has 2 N–H and O–H groups in total. The number of rotatable bonds is 9. The van der Waals surface area contributed by atoms with Gasteiger partial charge in [-0.1, -0.05) is 56.1 Å². The zero-order valence-corrected chi connectivity index (χ0v) is 26.0. The fourth-order valence-corrected chi connectivity index (χ4v) is 5.68. The summed E-state index contributed by atoms with van der Waals surface area (Å²) in [6, 6.07) is 25.9. The van der Waals surface area contributed by atoms with Crippen molar-refractivity contribution < 1.29 is 19.1 Å². The van der Waals surface area contributed by atoms with Crippen molar-refractivity contribution in [2.24, 2.45) is 0 Å². The third kappa shape index (κ3) is 8.17. The monoisotopic (exact) mass is 764 g/mol. The highest BCUT2D eigenvalue weighted by atomic mass is 79.9. The van der Waals surface area contributed by atoms with Gasteiger partial charge in [-0.2, -0.15) is 0 Å². The maximum atomic E-state index is 12.3. The van der Waals surface area contributed by atoms with Crippen LogP contribution >= 0.6 is 63.7 Å². The number of benzene rings is 4. The van der Waals surface area contributed by atoms with Gasteiger partial charge in [-0.05, 0) is 104 Å². The number of hydrogen-bond donors (Lipinski definition) is 2. The number of carbonyl (C=O) groups is 2. The van der Waals surface area contributed by atoms with Crippen molar-refractivity contribution in [3.8, 4) is 22.6 Å². The molecule has 0 aliphatic rings. The molecule has 0 aromatic heterocycles. The molecule has 0 saturated heterocycles. The van der Waals surface area contributed by atoms with Crippen molar-refractivity contribution in [2.45, 2.75) is 0 Å². The van der Waals surface area contributed by atoms with Gasteiger partial charge >= 0.3 is 0 Å². The van der Waals surface area contributed by atoms with Crippen molar-refractivity contribution >= 4 is 86.9 Å². The van der Waals surface area contributed by atoms with Crippen LogP contribution in [0, 0.1) is 0 Å². The van der Waals surface area contributed by atoms with Crippen molar-refractivity contribution in [2.75, 3.05) is 23.8 Å². The summed E-state index contributed by atoms with van der Waals surface area (Å²) < 4.78 is 14.5. The Morgan fingerprint density at radius 3 is 1.26 bits per heavy atom. The third-order valence-electron chi connectivity index (χ3n) is 5.18. The molecular weight excluding hydrogens is 748 g/mol. The van der Waals surface area contributed by atoms with Crippen LogP contribution in [0.3, 0.4) is 0 Å². The Bertz CT molecular complexity index is 1330. The SMILES string of the molecule is O=C(COc1ccc(Br)cc1Br)Nc1ccc(-c2ccc(NC(=O)COc3ccc(Br)cc3Br)cc2)cc1. The Labute approximate surface area is 253 Å². The summed E-state index contributed by atoms with van der Waals surface area (Å²) in [7, 11) is 0. The summed E-state index contributed by atoms with van der Waals surface area (Å²) in [5.41, 5.74) is 3.27. The highest BCUT2D eigenvalue weighted by Crippen LogP contribution is 2.29. The number of nitrogens with one attached hydrogen (secondary N) is 2. The van der Waals surface area contributed by atoms with Crippen molar-refractivity contribution in [1.29, 1.82) is 0 Å². The van der Waals surface area contributed by atoms with Gasteiger partial charge in [-0.15, -0.1) is 0 Å². The number of anilines is 2. The van der Waals surface area contributed by atoms with Crippen molar-refractivity contribution in [1.82, 2.24) is 0 Å². The van der Waals surface area contributed by atoms with Crippen LogP contribution in [0.15, 0.2) is 103 Å². The van der Waals surface area contributed by atoms with E-state index in [4.69, 9.17) is 9.47 Å². The summed E-state index contributed by atoms with van der Waals surface area (Å²) >= 11 is 13.6. The lowest BCUT2D eigenvalue weighted by atomic mass is 10.0. The number of amides is 2. The van der Waals surface area contributed by atoms with Gasteiger partial charge in [-0.3, -0.25) is 9.59 Å². The Kier molecular flexibility index (Phi) is 10.0. The minimum absolute atomic E-state index is 0.111. The van der Waals surface area contributed by atoms with Crippen LogP contribution in [-0.2, 0) is 9.59 Å². The van der Waals surface area contributed by atoms with Gasteiger partial charge in [0.25, 0.3) is 11.8 Å². The van der Waals surface area contributed by atoms with Gasteiger partial charge in [0.2, 0.25) is 0 Å². The first-order valence-electron chi connectivity index (χ1n) is 11.2. The predicted octanol–water partition coefficient (Wildman–Crippen LogP) is 8.44. The zero-order valence-electron chi connectivity index (χ0n) is 19.6. The van der Waals surface area contributed by atoms with E-state index in [1.807, 2.05) is 72.8 Å². The molecule has 2 amide bonds. The molecule has 194 valence electrons. The number of halogens is 4. The van der Waals surface area contributed by atoms with Gasteiger partial charge in [-0.25, -0.2) is 0 Å². The van der Waals surface area contributed by atoms with E-state index in [2.05, 4.69) is 74.4 Å². The fraction of sp³-hybridized carbons (Fsp3) is 0.0714. The molecule has 6 nitrogen and oxygen atoms in total. The van der Waals surface area contributed by atoms with Crippen molar-refractivity contribution in [3.05, 3.63) is 103 Å². The van der Waals surface area contributed by atoms with Crippen LogP contribution in [0.25, 0.3) is 11.1 Å². The summed E-state index contributed by atoms with van der Waals surface area (Å²) in [6.45, 7) is -0.221. The predicted molar refractivity (Wildman–Crippen MR) is 164 cm³/mol. The first kappa shape index (κ1) is 28.4. The molecule has 4 aromatic rings. The molecule has 4 rings (SSSR count). The molecular formula is C28H20Br4N2O4. The smallest absolute Gasteiger partial charge is 0.262 e. The van der Waals surface area contributed by atoms with Crippen LogP contribution in [0.5, 0.6) is 11.5 Å². The average Bonchev–Trinajstić information content (AvgIpc) is 2.89. The minimum Gasteiger partial charge on any atom is -0.483 e. The van der Waals surface area contributed by atoms with Gasteiger partial charge in [0.05, 0.1) is 8.95 Å². The molecule has 0 spiro atoms. The third-order valence-corrected chi connectivity index (χ3v) is 7.40. The lowest BCUT2D eigenvalue weighted by Crippen LogP contribution is -2.20. The summed E-state index contributed by atoms with van der Waals surface area (Å²) in [6.07, 6.45) is 0. The first-order chi connectivity index (χ1) is 18.3. The van der Waals surface area contributed by atoms with Crippen LogP contribution in [-0.4, -0.2) is 25.0 Å². The van der Waals surface area contributed by atoms with Gasteiger partial charge in [0.1, 0.15) is 11.5 Å². The topological polar surface area (TPSA) is 76.7 Å². The Balaban J connectivity index is 1.26. The second-order valence-corrected chi connectivity index (χ2v) is 11.5. The van der Waals surface area contributed by atoms with E-state index in [-0.39, 0.29) is 25.0 Å². The standard InChI is InChI=1S/C28H20Br4N2O4/c29-19-5-11-25(23(31)13-19)37-15-27(35)33-21-7-1-17(2-8-21)18-3-9-22(10-4-18)34-28(36)16-38-26-12-6-20(30)14-24(26)32/h1-14H,15-16H2,(H,33,35)(H,34,36). The molecule has 0 heterocycles. The molecule has 0 aliphatic heterocycles. The summed E-state index contributed by atoms with van der Waals surface area (Å²) in [5, 5.41) is 5.66. The Hall–Kier alpha value is -2.66.